The zero-order valence-corrected chi connectivity index (χ0v) is 26.3. The molecule has 0 amide bonds. The normalized spacial score (nSPS) is 16.9. The number of rotatable bonds is 0. The molecule has 236 valence electrons. The van der Waals surface area contributed by atoms with Gasteiger partial charge in [0.2, 0.25) is 0 Å². The molecule has 1 aliphatic rings. The summed E-state index contributed by atoms with van der Waals surface area (Å²) in [5.41, 5.74) is 8.99. The maximum absolute atomic E-state index is 5.94. The molecule has 8 heteroatoms. The van der Waals surface area contributed by atoms with Crippen molar-refractivity contribution < 1.29 is 9.47 Å². The molecule has 3 heterocycles. The van der Waals surface area contributed by atoms with Crippen LogP contribution in [0.15, 0.2) is 84.9 Å². The predicted octanol–water partition coefficient (Wildman–Crippen LogP) is 5.19. The van der Waals surface area contributed by atoms with Gasteiger partial charge in [0.05, 0.1) is 48.5 Å². The third-order valence-corrected chi connectivity index (χ3v) is 8.63. The van der Waals surface area contributed by atoms with Crippen molar-refractivity contribution in [1.82, 2.24) is 31.2 Å². The number of hydrogen-bond donors (Lipinski definition) is 4. The standard InChI is InChI=1S/C38H42N6O2/c1-5-27-21-28-6-2-10-32-24-40-15-19-46-20-16-42-26-34-12-4-8-30-22-29-7-3-11-33(37(29)44-38(30)34)25-41-14-18-45-17-13-39-23-31(9-1)35(27)43-36(28)32/h1-12,21-22,39-42H,13-20,23-26H2. The first-order valence-electron chi connectivity index (χ1n) is 16.4. The first kappa shape index (κ1) is 30.6. The van der Waals surface area contributed by atoms with Gasteiger partial charge in [0.1, 0.15) is 0 Å². The zero-order valence-electron chi connectivity index (χ0n) is 26.3. The molecule has 8 nitrogen and oxygen atoms in total. The van der Waals surface area contributed by atoms with E-state index in [-0.39, 0.29) is 0 Å². The Morgan fingerprint density at radius 2 is 0.674 bits per heavy atom. The molecule has 0 fully saturated rings. The Balaban J connectivity index is 1.05. The van der Waals surface area contributed by atoms with Crippen LogP contribution >= 0.6 is 0 Å². The van der Waals surface area contributed by atoms with Gasteiger partial charge in [0, 0.05) is 73.9 Å². The second kappa shape index (κ2) is 15.0. The summed E-state index contributed by atoms with van der Waals surface area (Å²) in [6, 6.07) is 30.2. The molecule has 2 aromatic heterocycles. The van der Waals surface area contributed by atoms with Gasteiger partial charge < -0.3 is 30.7 Å². The number of pyridine rings is 2. The summed E-state index contributed by atoms with van der Waals surface area (Å²) in [5, 5.41) is 18.9. The molecule has 4 N–H and O–H groups in total. The number of aromatic nitrogens is 2. The summed E-state index contributed by atoms with van der Waals surface area (Å²) in [6.07, 6.45) is 0. The van der Waals surface area contributed by atoms with Crippen LogP contribution in [0.25, 0.3) is 43.6 Å². The van der Waals surface area contributed by atoms with E-state index in [1.807, 2.05) is 0 Å². The van der Waals surface area contributed by atoms with Gasteiger partial charge >= 0.3 is 0 Å². The number of nitrogens with one attached hydrogen (secondary N) is 4. The van der Waals surface area contributed by atoms with Crippen molar-refractivity contribution in [2.75, 3.05) is 52.6 Å². The Hall–Kier alpha value is -4.02. The average molecular weight is 615 g/mol. The van der Waals surface area contributed by atoms with E-state index in [9.17, 15) is 0 Å². The van der Waals surface area contributed by atoms with Crippen molar-refractivity contribution >= 4 is 43.6 Å². The molecule has 6 aromatic rings. The molecule has 1 aliphatic heterocycles. The summed E-state index contributed by atoms with van der Waals surface area (Å²) >= 11 is 0. The molecule has 0 saturated carbocycles. The van der Waals surface area contributed by atoms with E-state index in [1.54, 1.807) is 0 Å². The fourth-order valence-electron chi connectivity index (χ4n) is 6.26. The SMILES string of the molecule is c1cc2c3nc4c(cccc4cc3c1)CNCCOCCNCc1cccc3cc4cccc(c4nc13)CNCCOCCNC2. The minimum absolute atomic E-state index is 0.654. The maximum Gasteiger partial charge on any atom is 0.0754 e. The molecule has 7 rings (SSSR count). The van der Waals surface area contributed by atoms with Crippen molar-refractivity contribution in [1.29, 1.82) is 0 Å². The van der Waals surface area contributed by atoms with Gasteiger partial charge in [-0.25, -0.2) is 9.97 Å². The van der Waals surface area contributed by atoms with Crippen LogP contribution in [-0.4, -0.2) is 62.6 Å². The second-order valence-electron chi connectivity index (χ2n) is 11.9. The Morgan fingerprint density at radius 3 is 0.957 bits per heavy atom. The molecule has 0 unspecified atom stereocenters. The molecule has 4 bridgehead atoms. The molecule has 0 aliphatic carbocycles. The third-order valence-electron chi connectivity index (χ3n) is 8.63. The number of para-hydroxylation sites is 4. The average Bonchev–Trinajstić information content (AvgIpc) is 3.08. The highest BCUT2D eigenvalue weighted by molar-refractivity contribution is 5.96. The number of nitrogens with zero attached hydrogens (tertiary/aromatic N) is 2. The maximum atomic E-state index is 5.94. The smallest absolute Gasteiger partial charge is 0.0754 e. The lowest BCUT2D eigenvalue weighted by atomic mass is 10.0. The van der Waals surface area contributed by atoms with Crippen molar-refractivity contribution in [3.63, 3.8) is 0 Å². The van der Waals surface area contributed by atoms with Gasteiger partial charge in [-0.15, -0.1) is 0 Å². The third kappa shape index (κ3) is 7.18. The van der Waals surface area contributed by atoms with Gasteiger partial charge in [-0.05, 0) is 34.4 Å². The van der Waals surface area contributed by atoms with Crippen molar-refractivity contribution in [3.05, 3.63) is 107 Å². The first-order valence-corrected chi connectivity index (χ1v) is 16.4. The summed E-state index contributed by atoms with van der Waals surface area (Å²) < 4.78 is 11.9. The number of ether oxygens (including phenoxy) is 2. The van der Waals surface area contributed by atoms with Crippen molar-refractivity contribution in [2.24, 2.45) is 0 Å². The minimum Gasteiger partial charge on any atom is -0.379 e. The van der Waals surface area contributed by atoms with Crippen molar-refractivity contribution in [2.45, 2.75) is 26.2 Å². The summed E-state index contributed by atoms with van der Waals surface area (Å²) in [5.74, 6) is 0. The van der Waals surface area contributed by atoms with Crippen LogP contribution in [0.3, 0.4) is 0 Å². The fourth-order valence-corrected chi connectivity index (χ4v) is 6.26. The molecular weight excluding hydrogens is 572 g/mol. The van der Waals surface area contributed by atoms with Crippen LogP contribution < -0.4 is 21.3 Å². The van der Waals surface area contributed by atoms with E-state index in [0.29, 0.717) is 26.4 Å². The monoisotopic (exact) mass is 614 g/mol. The van der Waals surface area contributed by atoms with E-state index in [2.05, 4.69) is 106 Å². The predicted molar refractivity (Wildman–Crippen MR) is 187 cm³/mol. The second-order valence-corrected chi connectivity index (χ2v) is 11.9. The highest BCUT2D eigenvalue weighted by Crippen LogP contribution is 2.26. The van der Waals surface area contributed by atoms with Gasteiger partial charge in [-0.3, -0.25) is 0 Å². The zero-order chi connectivity index (χ0) is 31.0. The summed E-state index contributed by atoms with van der Waals surface area (Å²) in [4.78, 5) is 10.4. The van der Waals surface area contributed by atoms with Crippen molar-refractivity contribution in [3.8, 4) is 0 Å². The molecular formula is C38H42N6O2. The van der Waals surface area contributed by atoms with Gasteiger partial charge in [-0.1, -0.05) is 72.8 Å². The van der Waals surface area contributed by atoms with Crippen LogP contribution in [0.4, 0.5) is 0 Å². The summed E-state index contributed by atoms with van der Waals surface area (Å²) in [6.45, 7) is 8.70. The van der Waals surface area contributed by atoms with Crippen LogP contribution in [0.1, 0.15) is 22.3 Å². The lowest BCUT2D eigenvalue weighted by molar-refractivity contribution is 0.137. The molecule has 0 atom stereocenters. The fraction of sp³-hybridized carbons (Fsp3) is 0.316. The highest BCUT2D eigenvalue weighted by Gasteiger charge is 2.10. The van der Waals surface area contributed by atoms with Crippen LogP contribution in [0.5, 0.6) is 0 Å². The topological polar surface area (TPSA) is 92.4 Å². The molecule has 0 radical (unpaired) electrons. The molecule has 46 heavy (non-hydrogen) atoms. The Kier molecular flexibility index (Phi) is 10.0. The minimum atomic E-state index is 0.654. The van der Waals surface area contributed by atoms with Crippen LogP contribution in [0, 0.1) is 0 Å². The van der Waals surface area contributed by atoms with Crippen LogP contribution in [0.2, 0.25) is 0 Å². The Morgan fingerprint density at radius 1 is 0.391 bits per heavy atom. The Labute approximate surface area is 269 Å². The van der Waals surface area contributed by atoms with Gasteiger partial charge in [0.25, 0.3) is 0 Å². The van der Waals surface area contributed by atoms with E-state index < -0.39 is 0 Å². The Bertz CT molecular complexity index is 1670. The van der Waals surface area contributed by atoms with Gasteiger partial charge in [0.15, 0.2) is 0 Å². The molecule has 0 spiro atoms. The van der Waals surface area contributed by atoms with E-state index in [1.165, 1.54) is 22.3 Å². The molecule has 0 saturated heterocycles. The summed E-state index contributed by atoms with van der Waals surface area (Å²) in [7, 11) is 0. The first-order chi connectivity index (χ1) is 22.8. The quantitative estimate of drug-likeness (QED) is 0.174. The molecule has 4 aromatic carbocycles. The lowest BCUT2D eigenvalue weighted by Gasteiger charge is -2.13. The van der Waals surface area contributed by atoms with E-state index >= 15 is 0 Å². The number of benzene rings is 4. The highest BCUT2D eigenvalue weighted by atomic mass is 16.5. The van der Waals surface area contributed by atoms with E-state index in [4.69, 9.17) is 19.4 Å². The van der Waals surface area contributed by atoms with E-state index in [0.717, 1.165) is 96.0 Å². The van der Waals surface area contributed by atoms with Crippen LogP contribution in [-0.2, 0) is 35.7 Å². The van der Waals surface area contributed by atoms with Gasteiger partial charge in [-0.2, -0.15) is 0 Å². The lowest BCUT2D eigenvalue weighted by Crippen LogP contribution is -2.24. The largest absolute Gasteiger partial charge is 0.379 e. The number of hydrogen-bond acceptors (Lipinski definition) is 8.